The van der Waals surface area contributed by atoms with Gasteiger partial charge in [-0.05, 0) is 0 Å². The highest BCUT2D eigenvalue weighted by Crippen LogP contribution is 2.34. The first-order valence-electron chi connectivity index (χ1n) is 6.49. The third-order valence-corrected chi connectivity index (χ3v) is 3.70. The molecule has 3 heterocycles. The summed E-state index contributed by atoms with van der Waals surface area (Å²) in [4.78, 5) is 19.4. The molecule has 0 aliphatic carbocycles. The van der Waals surface area contributed by atoms with E-state index in [1.807, 2.05) is 0 Å². The van der Waals surface area contributed by atoms with E-state index in [1.165, 1.54) is 17.1 Å². The van der Waals surface area contributed by atoms with E-state index in [4.69, 9.17) is 21.3 Å². The van der Waals surface area contributed by atoms with Crippen LogP contribution in [0.15, 0.2) is 12.5 Å². The van der Waals surface area contributed by atoms with Crippen molar-refractivity contribution in [1.29, 1.82) is 0 Å². The van der Waals surface area contributed by atoms with Crippen LogP contribution in [0.25, 0.3) is 11.0 Å². The maximum atomic E-state index is 11.6. The summed E-state index contributed by atoms with van der Waals surface area (Å²) in [7, 11) is 0. The molecule has 0 aromatic carbocycles. The second-order valence-corrected chi connectivity index (χ2v) is 5.00. The lowest BCUT2D eigenvalue weighted by atomic mass is 10.1. The fourth-order valence-corrected chi connectivity index (χ4v) is 2.60. The number of ether oxygens (including phenoxy) is 1. The minimum Gasteiger partial charge on any atom is -0.394 e. The van der Waals surface area contributed by atoms with Gasteiger partial charge in [0.05, 0.1) is 17.6 Å². The Morgan fingerprint density at radius 2 is 2.09 bits per heavy atom. The monoisotopic (exact) mass is 309 g/mol. The summed E-state index contributed by atoms with van der Waals surface area (Å²) in [5.41, 5.74) is 11.4. The van der Waals surface area contributed by atoms with Crippen molar-refractivity contribution >= 4 is 22.8 Å². The molecule has 10 heteroatoms. The van der Waals surface area contributed by atoms with Crippen molar-refractivity contribution in [2.45, 2.75) is 24.5 Å². The number of carbonyl (C=O) groups is 1. The number of aliphatic hydroxyl groups is 3. The zero-order valence-electron chi connectivity index (χ0n) is 11.3. The normalized spacial score (nSPS) is 28.3. The highest BCUT2D eigenvalue weighted by atomic mass is 16.6. The number of hydrogen-bond acceptors (Lipinski definition) is 8. The molecule has 0 spiro atoms. The number of fused-ring (bicyclic) bond motifs is 1. The molecule has 2 aromatic rings. The van der Waals surface area contributed by atoms with Crippen LogP contribution in [0.4, 0.5) is 5.82 Å². The molecule has 0 saturated carbocycles. The molecule has 1 aliphatic heterocycles. The third-order valence-electron chi connectivity index (χ3n) is 3.70. The molecular formula is C12H15N5O5. The van der Waals surface area contributed by atoms with Crippen molar-refractivity contribution in [3.05, 3.63) is 18.1 Å². The number of rotatable bonds is 3. The van der Waals surface area contributed by atoms with Crippen LogP contribution in [0.2, 0.25) is 0 Å². The number of aliphatic hydroxyl groups excluding tert-OH is 3. The highest BCUT2D eigenvalue weighted by molar-refractivity contribution is 6.08. The predicted octanol–water partition coefficient (Wildman–Crippen LogP) is -2.28. The van der Waals surface area contributed by atoms with Gasteiger partial charge in [-0.1, -0.05) is 0 Å². The Kier molecular flexibility index (Phi) is 3.45. The van der Waals surface area contributed by atoms with E-state index in [2.05, 4.69) is 9.97 Å². The summed E-state index contributed by atoms with van der Waals surface area (Å²) in [6.07, 6.45) is -2.06. The zero-order chi connectivity index (χ0) is 16.0. The maximum Gasteiger partial charge on any atom is 0.251 e. The van der Waals surface area contributed by atoms with Gasteiger partial charge in [-0.15, -0.1) is 0 Å². The van der Waals surface area contributed by atoms with Crippen LogP contribution in [0, 0.1) is 0 Å². The average molecular weight is 309 g/mol. The number of hydrogen-bond donors (Lipinski definition) is 5. The summed E-state index contributed by atoms with van der Waals surface area (Å²) >= 11 is 0. The first-order chi connectivity index (χ1) is 10.5. The minimum atomic E-state index is -1.32. The molecule has 1 amide bonds. The number of carbonyl (C=O) groups excluding carboxylic acids is 1. The highest BCUT2D eigenvalue weighted by Gasteiger charge is 2.44. The van der Waals surface area contributed by atoms with E-state index in [9.17, 15) is 15.0 Å². The van der Waals surface area contributed by atoms with Gasteiger partial charge in [0.2, 0.25) is 0 Å². The van der Waals surface area contributed by atoms with Crippen LogP contribution < -0.4 is 11.5 Å². The Bertz CT molecular complexity index is 732. The molecule has 1 saturated heterocycles. The van der Waals surface area contributed by atoms with Gasteiger partial charge in [0, 0.05) is 6.20 Å². The van der Waals surface area contributed by atoms with E-state index >= 15 is 0 Å². The molecule has 10 nitrogen and oxygen atoms in total. The molecule has 4 atom stereocenters. The average Bonchev–Trinajstić information content (AvgIpc) is 3.00. The second-order valence-electron chi connectivity index (χ2n) is 5.00. The minimum absolute atomic E-state index is 0.0595. The first kappa shape index (κ1) is 14.7. The molecule has 22 heavy (non-hydrogen) atoms. The van der Waals surface area contributed by atoms with Crippen molar-refractivity contribution in [3.8, 4) is 0 Å². The molecule has 0 bridgehead atoms. The number of primary amides is 1. The Labute approximate surface area is 123 Å². The quantitative estimate of drug-likeness (QED) is 0.422. The lowest BCUT2D eigenvalue weighted by molar-refractivity contribution is -0.0508. The van der Waals surface area contributed by atoms with Crippen molar-refractivity contribution in [2.24, 2.45) is 5.73 Å². The maximum absolute atomic E-state index is 11.6. The van der Waals surface area contributed by atoms with Crippen molar-refractivity contribution in [3.63, 3.8) is 0 Å². The van der Waals surface area contributed by atoms with Crippen LogP contribution in [-0.4, -0.2) is 60.7 Å². The lowest BCUT2D eigenvalue weighted by Gasteiger charge is -2.17. The van der Waals surface area contributed by atoms with Gasteiger partial charge in [-0.3, -0.25) is 4.79 Å². The smallest absolute Gasteiger partial charge is 0.251 e. The van der Waals surface area contributed by atoms with Gasteiger partial charge in [-0.25, -0.2) is 9.97 Å². The first-order valence-corrected chi connectivity index (χ1v) is 6.49. The zero-order valence-corrected chi connectivity index (χ0v) is 11.3. The molecule has 7 N–H and O–H groups in total. The van der Waals surface area contributed by atoms with E-state index in [0.29, 0.717) is 0 Å². The largest absolute Gasteiger partial charge is 0.394 e. The van der Waals surface area contributed by atoms with Gasteiger partial charge < -0.3 is 36.1 Å². The third kappa shape index (κ3) is 2.01. The van der Waals surface area contributed by atoms with Crippen molar-refractivity contribution in [1.82, 2.24) is 14.5 Å². The lowest BCUT2D eigenvalue weighted by Crippen LogP contribution is -2.33. The summed E-state index contributed by atoms with van der Waals surface area (Å²) < 4.78 is 6.77. The molecule has 1 fully saturated rings. The fraction of sp³-hybridized carbons (Fsp3) is 0.417. The topological polar surface area (TPSA) is 170 Å². The molecule has 0 unspecified atom stereocenters. The molecule has 118 valence electrons. The van der Waals surface area contributed by atoms with E-state index in [1.54, 1.807) is 0 Å². The Balaban J connectivity index is 2.16. The van der Waals surface area contributed by atoms with Gasteiger partial charge in [-0.2, -0.15) is 0 Å². The summed E-state index contributed by atoms with van der Waals surface area (Å²) in [5.74, 6) is -0.679. The number of amides is 1. The molecular weight excluding hydrogens is 294 g/mol. The van der Waals surface area contributed by atoms with Gasteiger partial charge in [0.25, 0.3) is 5.91 Å². The van der Waals surface area contributed by atoms with Crippen LogP contribution in [-0.2, 0) is 4.74 Å². The Morgan fingerprint density at radius 3 is 2.68 bits per heavy atom. The number of nitrogen functional groups attached to an aromatic ring is 1. The van der Waals surface area contributed by atoms with Crippen LogP contribution in [0.3, 0.4) is 0 Å². The predicted molar refractivity (Wildman–Crippen MR) is 73.5 cm³/mol. The second kappa shape index (κ2) is 5.18. The van der Waals surface area contributed by atoms with Gasteiger partial charge in [0.15, 0.2) is 6.23 Å². The molecule has 2 aromatic heterocycles. The SMILES string of the molecule is NC(=O)c1cn([C@@H]2O[C@H](CO)[C@@H](O)[C@@H]2O)c2ncnc(N)c12. The fourth-order valence-electron chi connectivity index (χ4n) is 2.60. The van der Waals surface area contributed by atoms with E-state index in [-0.39, 0.29) is 22.4 Å². The molecule has 0 radical (unpaired) electrons. The summed E-state index contributed by atoms with van der Waals surface area (Å²) in [5, 5.41) is 29.3. The molecule has 3 rings (SSSR count). The van der Waals surface area contributed by atoms with E-state index in [0.717, 1.165) is 0 Å². The van der Waals surface area contributed by atoms with Crippen molar-refractivity contribution < 1.29 is 24.9 Å². The number of nitrogens with two attached hydrogens (primary N) is 2. The Morgan fingerprint density at radius 1 is 1.36 bits per heavy atom. The van der Waals surface area contributed by atoms with Crippen LogP contribution in [0.5, 0.6) is 0 Å². The standard InChI is InChI=1S/C12H15N5O5/c13-9-6-4(10(14)21)1-17(11(6)16-3-15-9)12-8(20)7(19)5(2-18)22-12/h1,3,5,7-8,12,18-20H,2H2,(H2,14,21)(H2,13,15,16)/t5-,7-,8+,12-/m1/s1. The number of nitrogens with zero attached hydrogens (tertiary/aromatic N) is 3. The summed E-state index contributed by atoms with van der Waals surface area (Å²) in [6.45, 7) is -0.465. The number of anilines is 1. The van der Waals surface area contributed by atoms with Crippen LogP contribution >= 0.6 is 0 Å². The number of aromatic nitrogens is 3. The van der Waals surface area contributed by atoms with E-state index < -0.39 is 37.1 Å². The Hall–Kier alpha value is -2.27. The molecule has 1 aliphatic rings. The van der Waals surface area contributed by atoms with Gasteiger partial charge >= 0.3 is 0 Å². The van der Waals surface area contributed by atoms with Crippen LogP contribution in [0.1, 0.15) is 16.6 Å². The van der Waals surface area contributed by atoms with Crippen molar-refractivity contribution in [2.75, 3.05) is 12.3 Å². The summed E-state index contributed by atoms with van der Waals surface area (Å²) in [6, 6.07) is 0. The van der Waals surface area contributed by atoms with Gasteiger partial charge in [0.1, 0.15) is 36.1 Å².